The molecule has 0 aliphatic heterocycles. The summed E-state index contributed by atoms with van der Waals surface area (Å²) in [5.41, 5.74) is 0.600. The van der Waals surface area contributed by atoms with E-state index < -0.39 is 29.1 Å². The van der Waals surface area contributed by atoms with Crippen LogP contribution in [0.1, 0.15) is 22.8 Å². The van der Waals surface area contributed by atoms with Crippen molar-refractivity contribution in [3.05, 3.63) is 67.4 Å². The van der Waals surface area contributed by atoms with Crippen LogP contribution >= 0.6 is 31.9 Å². The third-order valence-corrected chi connectivity index (χ3v) is 4.43. The Kier molecular flexibility index (Phi) is 4.56. The molecule has 0 aliphatic rings. The second-order valence-corrected chi connectivity index (χ2v) is 6.02. The minimum absolute atomic E-state index is 0.284. The molecule has 0 saturated carbocycles. The van der Waals surface area contributed by atoms with Crippen molar-refractivity contribution in [2.24, 2.45) is 0 Å². The highest BCUT2D eigenvalue weighted by atomic mass is 79.9. The van der Waals surface area contributed by atoms with E-state index in [1.807, 2.05) is 6.92 Å². The molecule has 0 heterocycles. The maximum absolute atomic E-state index is 13.7. The number of hydrogen-bond acceptors (Lipinski definition) is 1. The minimum Gasteiger partial charge on any atom is -0.383 e. The quantitative estimate of drug-likeness (QED) is 0.738. The average Bonchev–Trinajstić information content (AvgIpc) is 2.32. The number of aliphatic hydroxyl groups excluding tert-OH is 1. The summed E-state index contributed by atoms with van der Waals surface area (Å²) in [4.78, 5) is 0. The summed E-state index contributed by atoms with van der Waals surface area (Å²) in [6, 6.07) is 4.35. The monoisotopic (exact) mass is 408 g/mol. The second kappa shape index (κ2) is 5.87. The largest absolute Gasteiger partial charge is 0.383 e. The van der Waals surface area contributed by atoms with Crippen molar-refractivity contribution in [3.8, 4) is 0 Å². The lowest BCUT2D eigenvalue weighted by Gasteiger charge is -2.16. The number of aryl methyl sites for hydroxylation is 1. The van der Waals surface area contributed by atoms with Crippen LogP contribution in [0.5, 0.6) is 0 Å². The van der Waals surface area contributed by atoms with Gasteiger partial charge in [0.2, 0.25) is 0 Å². The molecule has 106 valence electrons. The molecule has 1 N–H and O–H groups in total. The van der Waals surface area contributed by atoms with Crippen molar-refractivity contribution in [2.75, 3.05) is 0 Å². The first-order valence-corrected chi connectivity index (χ1v) is 7.18. The van der Waals surface area contributed by atoms with E-state index in [1.165, 1.54) is 0 Å². The predicted octanol–water partition coefficient (Wildman–Crippen LogP) is 5.02. The predicted molar refractivity (Wildman–Crippen MR) is 77.0 cm³/mol. The molecule has 0 aromatic heterocycles. The number of benzene rings is 2. The van der Waals surface area contributed by atoms with Gasteiger partial charge in [0.15, 0.2) is 0 Å². The van der Waals surface area contributed by atoms with Gasteiger partial charge in [-0.15, -0.1) is 0 Å². The van der Waals surface area contributed by atoms with Crippen molar-refractivity contribution in [1.82, 2.24) is 0 Å². The van der Waals surface area contributed by atoms with Crippen LogP contribution in [0.2, 0.25) is 0 Å². The highest BCUT2D eigenvalue weighted by Crippen LogP contribution is 2.35. The molecule has 1 nitrogen and oxygen atoms in total. The van der Waals surface area contributed by atoms with E-state index in [2.05, 4.69) is 31.9 Å². The summed E-state index contributed by atoms with van der Waals surface area (Å²) >= 11 is 6.53. The van der Waals surface area contributed by atoms with Gasteiger partial charge in [0.1, 0.15) is 23.6 Å². The normalized spacial score (nSPS) is 12.6. The Bertz CT molecular complexity index is 651. The Balaban J connectivity index is 2.57. The first kappa shape index (κ1) is 15.5. The molecule has 0 saturated heterocycles. The van der Waals surface area contributed by atoms with Crippen LogP contribution in [0, 0.1) is 24.4 Å². The number of halogens is 5. The van der Waals surface area contributed by atoms with Gasteiger partial charge < -0.3 is 5.11 Å². The molecule has 20 heavy (non-hydrogen) atoms. The van der Waals surface area contributed by atoms with Gasteiger partial charge in [0.25, 0.3) is 0 Å². The van der Waals surface area contributed by atoms with Gasteiger partial charge in [0, 0.05) is 26.6 Å². The highest BCUT2D eigenvalue weighted by molar-refractivity contribution is 9.11. The van der Waals surface area contributed by atoms with E-state index in [1.54, 1.807) is 12.1 Å². The van der Waals surface area contributed by atoms with Crippen molar-refractivity contribution < 1.29 is 18.3 Å². The van der Waals surface area contributed by atoms with Crippen LogP contribution in [0.3, 0.4) is 0 Å². The summed E-state index contributed by atoms with van der Waals surface area (Å²) in [5.74, 6) is -3.28. The molecule has 2 aromatic carbocycles. The zero-order chi connectivity index (χ0) is 15.0. The van der Waals surface area contributed by atoms with E-state index >= 15 is 0 Å². The van der Waals surface area contributed by atoms with Gasteiger partial charge >= 0.3 is 0 Å². The van der Waals surface area contributed by atoms with E-state index in [9.17, 15) is 18.3 Å². The van der Waals surface area contributed by atoms with Gasteiger partial charge in [-0.25, -0.2) is 13.2 Å². The minimum atomic E-state index is -1.54. The van der Waals surface area contributed by atoms with E-state index in [4.69, 9.17) is 0 Å². The molecular formula is C14H9Br2F3O. The Morgan fingerprint density at radius 1 is 0.950 bits per heavy atom. The Hall–Kier alpha value is -0.850. The summed E-state index contributed by atoms with van der Waals surface area (Å²) in [6.45, 7) is 1.84. The fourth-order valence-corrected chi connectivity index (χ4v) is 2.88. The van der Waals surface area contributed by atoms with Gasteiger partial charge in [-0.2, -0.15) is 0 Å². The van der Waals surface area contributed by atoms with Crippen LogP contribution in [-0.2, 0) is 0 Å². The van der Waals surface area contributed by atoms with Crippen molar-refractivity contribution in [3.63, 3.8) is 0 Å². The maximum atomic E-state index is 13.7. The third kappa shape index (κ3) is 2.92. The second-order valence-electron chi connectivity index (χ2n) is 4.31. The smallest absolute Gasteiger partial charge is 0.135 e. The average molecular weight is 410 g/mol. The zero-order valence-corrected chi connectivity index (χ0v) is 13.4. The third-order valence-electron chi connectivity index (χ3n) is 2.89. The first-order chi connectivity index (χ1) is 9.31. The number of aliphatic hydroxyl groups is 1. The SMILES string of the molecule is Cc1cc(Br)c(C(O)c2c(F)cc(F)cc2F)cc1Br. The molecule has 1 atom stereocenters. The van der Waals surface area contributed by atoms with Gasteiger partial charge in [-0.1, -0.05) is 31.9 Å². The summed E-state index contributed by atoms with van der Waals surface area (Å²) < 4.78 is 41.5. The van der Waals surface area contributed by atoms with Crippen LogP contribution in [0.25, 0.3) is 0 Å². The molecular weight excluding hydrogens is 401 g/mol. The molecule has 2 rings (SSSR count). The van der Waals surface area contributed by atoms with Crippen LogP contribution < -0.4 is 0 Å². The molecule has 0 amide bonds. The van der Waals surface area contributed by atoms with Crippen LogP contribution in [-0.4, -0.2) is 5.11 Å². The van der Waals surface area contributed by atoms with Crippen molar-refractivity contribution >= 4 is 31.9 Å². The Morgan fingerprint density at radius 2 is 1.50 bits per heavy atom. The van der Waals surface area contributed by atoms with Crippen molar-refractivity contribution in [1.29, 1.82) is 0 Å². The van der Waals surface area contributed by atoms with Crippen LogP contribution in [0.15, 0.2) is 33.2 Å². The molecule has 0 aliphatic carbocycles. The summed E-state index contributed by atoms with van der Waals surface area (Å²) in [6.07, 6.45) is -1.54. The topological polar surface area (TPSA) is 20.2 Å². The molecule has 6 heteroatoms. The molecule has 0 radical (unpaired) electrons. The molecule has 0 spiro atoms. The lowest BCUT2D eigenvalue weighted by Crippen LogP contribution is -2.07. The van der Waals surface area contributed by atoms with Gasteiger partial charge in [-0.05, 0) is 24.6 Å². The highest BCUT2D eigenvalue weighted by Gasteiger charge is 2.23. The van der Waals surface area contributed by atoms with E-state index in [0.29, 0.717) is 21.1 Å². The standard InChI is InChI=1S/C14H9Br2F3O/c1-6-2-10(16)8(5-9(6)15)14(20)13-11(18)3-7(17)4-12(13)19/h2-5,14,20H,1H3. The first-order valence-electron chi connectivity index (χ1n) is 5.59. The summed E-state index contributed by atoms with van der Waals surface area (Å²) in [7, 11) is 0. The lowest BCUT2D eigenvalue weighted by atomic mass is 9.99. The Labute approximate surface area is 130 Å². The molecule has 0 fully saturated rings. The zero-order valence-electron chi connectivity index (χ0n) is 10.2. The van der Waals surface area contributed by atoms with E-state index in [-0.39, 0.29) is 5.56 Å². The molecule has 1 unspecified atom stereocenters. The maximum Gasteiger partial charge on any atom is 0.135 e. The number of rotatable bonds is 2. The Morgan fingerprint density at radius 3 is 2.05 bits per heavy atom. The number of hydrogen-bond donors (Lipinski definition) is 1. The van der Waals surface area contributed by atoms with Gasteiger partial charge in [-0.3, -0.25) is 0 Å². The van der Waals surface area contributed by atoms with E-state index in [0.717, 1.165) is 5.56 Å². The van der Waals surface area contributed by atoms with Gasteiger partial charge in [0.05, 0.1) is 5.56 Å². The summed E-state index contributed by atoms with van der Waals surface area (Å²) in [5, 5.41) is 10.2. The molecule has 0 bridgehead atoms. The lowest BCUT2D eigenvalue weighted by molar-refractivity contribution is 0.208. The van der Waals surface area contributed by atoms with Crippen LogP contribution in [0.4, 0.5) is 13.2 Å². The van der Waals surface area contributed by atoms with Crippen molar-refractivity contribution in [2.45, 2.75) is 13.0 Å². The fraction of sp³-hybridized carbons (Fsp3) is 0.143. The molecule has 2 aromatic rings. The fourth-order valence-electron chi connectivity index (χ4n) is 1.84.